The normalized spacial score (nSPS) is 15.9. The van der Waals surface area contributed by atoms with Crippen molar-refractivity contribution < 1.29 is 4.79 Å². The number of likely N-dealkylation sites (tertiary alicyclic amines) is 1. The molecule has 1 aliphatic rings. The third-order valence-electron chi connectivity index (χ3n) is 2.36. The molecule has 0 amide bonds. The Morgan fingerprint density at radius 3 is 2.27 bits per heavy atom. The van der Waals surface area contributed by atoms with Crippen LogP contribution < -0.4 is 0 Å². The van der Waals surface area contributed by atoms with E-state index in [-0.39, 0.29) is 0 Å². The van der Waals surface area contributed by atoms with Gasteiger partial charge in [-0.15, -0.1) is 11.3 Å². The van der Waals surface area contributed by atoms with E-state index in [1.54, 1.807) is 0 Å². The zero-order valence-electron chi connectivity index (χ0n) is 9.12. The highest BCUT2D eigenvalue weighted by Gasteiger charge is 2.03. The number of carbonyl (C=O) groups excluding carboxylic acids is 1. The van der Waals surface area contributed by atoms with Crippen LogP contribution in [-0.2, 0) is 0 Å². The van der Waals surface area contributed by atoms with Crippen LogP contribution in [0.1, 0.15) is 28.1 Å². The Bertz CT molecular complexity index is 318. The molecule has 2 heterocycles. The van der Waals surface area contributed by atoms with Crippen LogP contribution >= 0.6 is 27.3 Å². The van der Waals surface area contributed by atoms with E-state index in [1.165, 1.54) is 37.3 Å². The first-order valence-corrected chi connectivity index (χ1v) is 6.64. The molecule has 15 heavy (non-hydrogen) atoms. The molecule has 2 rings (SSSR count). The predicted molar refractivity (Wildman–Crippen MR) is 68.9 cm³/mol. The summed E-state index contributed by atoms with van der Waals surface area (Å²) in [6.07, 6.45) is 3.71. The lowest BCUT2D eigenvalue weighted by molar-refractivity contribution is 0.112. The standard InChI is InChI=1S/C6H5BrOS.C5H11N/c1-4-2-6(7)9-5(4)3-8;1-6-4-2-3-5-6/h2-3H,1H3;2-5H2,1H3. The summed E-state index contributed by atoms with van der Waals surface area (Å²) < 4.78 is 1.02. The summed E-state index contributed by atoms with van der Waals surface area (Å²) in [5, 5.41) is 0. The fourth-order valence-electron chi connectivity index (χ4n) is 1.45. The van der Waals surface area contributed by atoms with Gasteiger partial charge in [0.2, 0.25) is 0 Å². The van der Waals surface area contributed by atoms with E-state index >= 15 is 0 Å². The van der Waals surface area contributed by atoms with Crippen molar-refractivity contribution >= 4 is 33.6 Å². The second kappa shape index (κ2) is 6.40. The monoisotopic (exact) mass is 289 g/mol. The Kier molecular flexibility index (Phi) is 5.50. The SMILES string of the molecule is CN1CCCC1.Cc1cc(Br)sc1C=O. The molecule has 0 aromatic carbocycles. The summed E-state index contributed by atoms with van der Waals surface area (Å²) in [7, 11) is 2.17. The number of nitrogens with zero attached hydrogens (tertiary/aromatic N) is 1. The van der Waals surface area contributed by atoms with E-state index < -0.39 is 0 Å². The fraction of sp³-hybridized carbons (Fsp3) is 0.545. The number of aldehydes is 1. The first-order chi connectivity index (χ1) is 7.13. The fourth-order valence-corrected chi connectivity index (χ4v) is 3.03. The maximum atomic E-state index is 10.2. The van der Waals surface area contributed by atoms with Gasteiger partial charge in [-0.1, -0.05) is 0 Å². The number of thiophene rings is 1. The van der Waals surface area contributed by atoms with Crippen LogP contribution in [0.15, 0.2) is 9.85 Å². The molecule has 84 valence electrons. The van der Waals surface area contributed by atoms with Crippen molar-refractivity contribution in [3.63, 3.8) is 0 Å². The van der Waals surface area contributed by atoms with E-state index in [0.717, 1.165) is 20.5 Å². The summed E-state index contributed by atoms with van der Waals surface area (Å²) >= 11 is 4.75. The predicted octanol–water partition coefficient (Wildman–Crippen LogP) is 3.34. The van der Waals surface area contributed by atoms with Crippen LogP contribution in [0.4, 0.5) is 0 Å². The first-order valence-electron chi connectivity index (χ1n) is 5.03. The lowest BCUT2D eigenvalue weighted by Crippen LogP contribution is -2.10. The smallest absolute Gasteiger partial charge is 0.160 e. The molecule has 0 N–H and O–H groups in total. The molecular weight excluding hydrogens is 274 g/mol. The van der Waals surface area contributed by atoms with Gasteiger partial charge < -0.3 is 4.90 Å². The number of hydrogen-bond donors (Lipinski definition) is 0. The molecule has 0 unspecified atom stereocenters. The minimum atomic E-state index is 0.807. The largest absolute Gasteiger partial charge is 0.306 e. The van der Waals surface area contributed by atoms with Crippen molar-refractivity contribution in [2.75, 3.05) is 20.1 Å². The Labute approximate surface area is 103 Å². The average molecular weight is 290 g/mol. The zero-order chi connectivity index (χ0) is 11.3. The minimum absolute atomic E-state index is 0.807. The summed E-state index contributed by atoms with van der Waals surface area (Å²) in [6.45, 7) is 4.56. The van der Waals surface area contributed by atoms with E-state index in [4.69, 9.17) is 0 Å². The Morgan fingerprint density at radius 2 is 2.07 bits per heavy atom. The van der Waals surface area contributed by atoms with Gasteiger partial charge >= 0.3 is 0 Å². The van der Waals surface area contributed by atoms with Gasteiger partial charge in [-0.05, 0) is 67.5 Å². The van der Waals surface area contributed by atoms with Gasteiger partial charge in [0.25, 0.3) is 0 Å². The van der Waals surface area contributed by atoms with E-state index in [2.05, 4.69) is 27.9 Å². The van der Waals surface area contributed by atoms with Gasteiger partial charge in [-0.25, -0.2) is 0 Å². The van der Waals surface area contributed by atoms with Crippen molar-refractivity contribution in [3.8, 4) is 0 Å². The highest BCUT2D eigenvalue weighted by atomic mass is 79.9. The van der Waals surface area contributed by atoms with Crippen LogP contribution in [0.5, 0.6) is 0 Å². The third-order valence-corrected chi connectivity index (χ3v) is 4.03. The van der Waals surface area contributed by atoms with Crippen molar-refractivity contribution in [3.05, 3.63) is 20.3 Å². The molecule has 1 aromatic heterocycles. The van der Waals surface area contributed by atoms with E-state index in [1.807, 2.05) is 13.0 Å². The minimum Gasteiger partial charge on any atom is -0.306 e. The first kappa shape index (κ1) is 12.9. The molecule has 1 aromatic rings. The van der Waals surface area contributed by atoms with Crippen LogP contribution in [0.3, 0.4) is 0 Å². The van der Waals surface area contributed by atoms with Gasteiger partial charge in [0, 0.05) is 0 Å². The van der Waals surface area contributed by atoms with Gasteiger partial charge in [-0.2, -0.15) is 0 Å². The summed E-state index contributed by atoms with van der Waals surface area (Å²) in [5.41, 5.74) is 1.04. The van der Waals surface area contributed by atoms with Crippen LogP contribution in [-0.4, -0.2) is 31.3 Å². The number of hydrogen-bond acceptors (Lipinski definition) is 3. The molecule has 4 heteroatoms. The topological polar surface area (TPSA) is 20.3 Å². The van der Waals surface area contributed by atoms with Gasteiger partial charge in [0.05, 0.1) is 8.66 Å². The summed E-state index contributed by atoms with van der Waals surface area (Å²) in [6, 6.07) is 1.94. The van der Waals surface area contributed by atoms with Crippen molar-refractivity contribution in [2.45, 2.75) is 19.8 Å². The highest BCUT2D eigenvalue weighted by Crippen LogP contribution is 2.24. The van der Waals surface area contributed by atoms with Crippen molar-refractivity contribution in [1.82, 2.24) is 4.90 Å². The second-order valence-electron chi connectivity index (χ2n) is 3.73. The Balaban J connectivity index is 0.000000162. The molecule has 0 atom stereocenters. The molecule has 0 bridgehead atoms. The lowest BCUT2D eigenvalue weighted by Gasteiger charge is -2.01. The summed E-state index contributed by atoms with van der Waals surface area (Å²) in [4.78, 5) is 13.4. The van der Waals surface area contributed by atoms with E-state index in [9.17, 15) is 4.79 Å². The third kappa shape index (κ3) is 4.45. The molecule has 1 saturated heterocycles. The molecule has 1 aliphatic heterocycles. The molecule has 0 radical (unpaired) electrons. The molecule has 0 saturated carbocycles. The molecule has 0 spiro atoms. The van der Waals surface area contributed by atoms with Crippen molar-refractivity contribution in [1.29, 1.82) is 0 Å². The van der Waals surface area contributed by atoms with Gasteiger partial charge in [0.1, 0.15) is 0 Å². The highest BCUT2D eigenvalue weighted by molar-refractivity contribution is 9.11. The number of halogens is 1. The Hall–Kier alpha value is -0.190. The number of rotatable bonds is 1. The van der Waals surface area contributed by atoms with Crippen LogP contribution in [0.25, 0.3) is 0 Å². The quantitative estimate of drug-likeness (QED) is 0.739. The van der Waals surface area contributed by atoms with Crippen molar-refractivity contribution in [2.24, 2.45) is 0 Å². The van der Waals surface area contributed by atoms with Crippen LogP contribution in [0, 0.1) is 6.92 Å². The maximum absolute atomic E-state index is 10.2. The Morgan fingerprint density at radius 1 is 1.47 bits per heavy atom. The number of carbonyl (C=O) groups is 1. The average Bonchev–Trinajstić information content (AvgIpc) is 2.76. The zero-order valence-corrected chi connectivity index (χ0v) is 11.5. The molecular formula is C11H16BrNOS. The molecule has 0 aliphatic carbocycles. The second-order valence-corrected chi connectivity index (χ2v) is 6.19. The van der Waals surface area contributed by atoms with E-state index in [0.29, 0.717) is 0 Å². The summed E-state index contributed by atoms with van der Waals surface area (Å²) in [5.74, 6) is 0. The number of aryl methyl sites for hydroxylation is 1. The van der Waals surface area contributed by atoms with Gasteiger partial charge in [0.15, 0.2) is 6.29 Å². The molecule has 1 fully saturated rings. The van der Waals surface area contributed by atoms with Gasteiger partial charge in [-0.3, -0.25) is 4.79 Å². The lowest BCUT2D eigenvalue weighted by atomic mass is 10.3. The molecule has 2 nitrogen and oxygen atoms in total. The van der Waals surface area contributed by atoms with Crippen LogP contribution in [0.2, 0.25) is 0 Å². The maximum Gasteiger partial charge on any atom is 0.160 e.